The van der Waals surface area contributed by atoms with Crippen molar-refractivity contribution >= 4 is 254 Å². The van der Waals surface area contributed by atoms with Gasteiger partial charge in [0, 0.05) is 121 Å². The summed E-state index contributed by atoms with van der Waals surface area (Å²) < 4.78 is 16.5. The molecule has 0 saturated heterocycles. The van der Waals surface area contributed by atoms with Gasteiger partial charge in [0.25, 0.3) is 0 Å². The van der Waals surface area contributed by atoms with E-state index in [-0.39, 0.29) is 0 Å². The van der Waals surface area contributed by atoms with Crippen LogP contribution in [0.15, 0.2) is 455 Å². The molecule has 0 amide bonds. The fourth-order valence-electron chi connectivity index (χ4n) is 16.4. The molecule has 135 heavy (non-hydrogen) atoms. The molecule has 0 fully saturated rings. The summed E-state index contributed by atoms with van der Waals surface area (Å²) in [4.78, 5) is 0. The first-order valence-electron chi connectivity index (χ1n) is 47.6. The molecule has 0 aliphatic heterocycles. The maximum absolute atomic E-state index is 2.31. The van der Waals surface area contributed by atoms with Gasteiger partial charge in [-0.15, -0.1) is 68.0 Å². The Labute approximate surface area is 822 Å². The number of hydrogen-bond acceptors (Lipinski definition) is 6. The largest absolute Gasteiger partial charge is 0.135 e. The zero-order valence-corrected chi connectivity index (χ0v) is 85.1. The van der Waals surface area contributed by atoms with Gasteiger partial charge in [0.1, 0.15) is 0 Å². The Morgan fingerprint density at radius 2 is 0.319 bits per heavy atom. The zero-order chi connectivity index (χ0) is 94.8. The van der Waals surface area contributed by atoms with Crippen molar-refractivity contribution in [2.45, 2.75) is 104 Å². The van der Waals surface area contributed by atoms with Gasteiger partial charge in [0.05, 0.1) is 0 Å². The fourth-order valence-corrected chi connectivity index (χ4v) is 23.2. The molecular formula is C129H120S6. The highest BCUT2D eigenvalue weighted by Crippen LogP contribution is 2.44. The summed E-state index contributed by atoms with van der Waals surface area (Å²) >= 11 is 11.3. The molecule has 0 aliphatic carbocycles. The van der Waals surface area contributed by atoms with Crippen molar-refractivity contribution in [3.05, 3.63) is 472 Å². The number of benzene rings is 21. The van der Waals surface area contributed by atoms with Crippen LogP contribution in [0, 0.1) is 20.8 Å². The lowest BCUT2D eigenvalue weighted by atomic mass is 10.0. The third kappa shape index (κ3) is 23.8. The monoisotopic (exact) mass is 1860 g/mol. The van der Waals surface area contributed by atoms with E-state index >= 15 is 0 Å². The maximum atomic E-state index is 2.31. The first-order chi connectivity index (χ1) is 66.7. The van der Waals surface area contributed by atoms with E-state index in [1.807, 2.05) is 206 Å². The Balaban J connectivity index is 0.000000129. The molecule has 6 heteroatoms. The molecule has 0 spiro atoms. The van der Waals surface area contributed by atoms with Crippen LogP contribution in [0.1, 0.15) is 99.8 Å². The van der Waals surface area contributed by atoms with Crippen molar-refractivity contribution < 1.29 is 0 Å². The average Bonchev–Trinajstić information content (AvgIpc) is 1.61. The fraction of sp³-hybridized carbons (Fsp3) is 0.116. The molecular weight excluding hydrogens is 1740 g/mol. The minimum atomic E-state index is 1.32. The lowest BCUT2D eigenvalue weighted by molar-refractivity contribution is 1.48. The highest BCUT2D eigenvalue weighted by molar-refractivity contribution is 7.28. The highest BCUT2D eigenvalue weighted by Gasteiger charge is 2.14. The van der Waals surface area contributed by atoms with Crippen LogP contribution in [0.2, 0.25) is 0 Å². The first kappa shape index (κ1) is 99.0. The van der Waals surface area contributed by atoms with Gasteiger partial charge in [-0.25, -0.2) is 0 Å². The Morgan fingerprint density at radius 3 is 0.607 bits per heavy atom. The van der Waals surface area contributed by atoms with E-state index in [9.17, 15) is 0 Å². The predicted molar refractivity (Wildman–Crippen MR) is 623 cm³/mol. The van der Waals surface area contributed by atoms with Crippen molar-refractivity contribution in [3.8, 4) is 0 Å². The zero-order valence-electron chi connectivity index (χ0n) is 80.3. The molecule has 6 heterocycles. The molecule has 21 aromatic carbocycles. The van der Waals surface area contributed by atoms with Crippen LogP contribution in [-0.4, -0.2) is 0 Å². The molecule has 0 radical (unpaired) electrons. The summed E-state index contributed by atoms with van der Waals surface area (Å²) in [5.74, 6) is 0. The lowest BCUT2D eigenvalue weighted by Crippen LogP contribution is -1.72. The average molecular weight is 1860 g/mol. The Kier molecular flexibility index (Phi) is 37.1. The summed E-state index contributed by atoms with van der Waals surface area (Å²) in [6, 6.07) is 161. The molecule has 27 aromatic rings. The van der Waals surface area contributed by atoms with Gasteiger partial charge in [0.15, 0.2) is 0 Å². The Hall–Kier alpha value is -13.5. The summed E-state index contributed by atoms with van der Waals surface area (Å²) in [6.07, 6.45) is 0. The lowest BCUT2D eigenvalue weighted by Gasteiger charge is -1.99. The predicted octanol–water partition coefficient (Wildman–Crippen LogP) is 43.4. The Morgan fingerprint density at radius 1 is 0.119 bits per heavy atom. The molecule has 0 atom stereocenters. The SMILES string of the molecule is CC.CC.CC.CC.CC.CC.Cc1ccccc1.Cc1ccccc1.Cc1ccccc1.c1ccc2c(c1)ccc1c3ccccc3sc21.c1ccc2c(c1)ccc1sc3ccccc3c12.c1ccc2c(c1)ccc1sc3ccccc3c12.c1ccc2c(c1)ccc1sc3ccccc3c12.c1ccc2cc3c(cc2c1)sc1ccccc13.c1ccc2cc3c(cc2c1)sc1ccccc13. The summed E-state index contributed by atoms with van der Waals surface area (Å²) in [5.41, 5.74) is 3.97. The van der Waals surface area contributed by atoms with Crippen LogP contribution < -0.4 is 0 Å². The molecule has 0 N–H and O–H groups in total. The molecule has 0 nitrogen and oxygen atoms in total. The van der Waals surface area contributed by atoms with Crippen molar-refractivity contribution in [3.63, 3.8) is 0 Å². The molecule has 0 unspecified atom stereocenters. The number of rotatable bonds is 0. The first-order valence-corrected chi connectivity index (χ1v) is 52.5. The normalized spacial score (nSPS) is 10.3. The number of thiophene rings is 6. The third-order valence-electron chi connectivity index (χ3n) is 22.4. The smallest absolute Gasteiger partial charge is 0.0433 e. The van der Waals surface area contributed by atoms with Crippen LogP contribution in [0.4, 0.5) is 0 Å². The quantitative estimate of drug-likeness (QED) is 0.142. The van der Waals surface area contributed by atoms with Gasteiger partial charge in [-0.05, 0) is 164 Å². The second-order valence-corrected chi connectivity index (χ2v) is 37.1. The van der Waals surface area contributed by atoms with Gasteiger partial charge in [-0.3, -0.25) is 0 Å². The number of fused-ring (bicyclic) bond motifs is 28. The van der Waals surface area contributed by atoms with E-state index in [1.165, 1.54) is 202 Å². The van der Waals surface area contributed by atoms with Crippen molar-refractivity contribution in [2.75, 3.05) is 0 Å². The van der Waals surface area contributed by atoms with Crippen LogP contribution in [0.3, 0.4) is 0 Å². The minimum absolute atomic E-state index is 1.32. The van der Waals surface area contributed by atoms with Gasteiger partial charge in [-0.1, -0.05) is 476 Å². The molecule has 0 bridgehead atoms. The molecule has 6 aromatic heterocycles. The van der Waals surface area contributed by atoms with Crippen LogP contribution >= 0.6 is 68.0 Å². The topological polar surface area (TPSA) is 0 Å². The van der Waals surface area contributed by atoms with E-state index in [2.05, 4.69) is 421 Å². The van der Waals surface area contributed by atoms with E-state index < -0.39 is 0 Å². The molecule has 672 valence electrons. The van der Waals surface area contributed by atoms with Gasteiger partial charge >= 0.3 is 0 Å². The van der Waals surface area contributed by atoms with Crippen molar-refractivity contribution in [2.24, 2.45) is 0 Å². The number of hydrogen-bond donors (Lipinski definition) is 0. The van der Waals surface area contributed by atoms with Crippen LogP contribution in [-0.2, 0) is 0 Å². The summed E-state index contributed by atoms with van der Waals surface area (Å²) in [6.45, 7) is 30.2. The maximum Gasteiger partial charge on any atom is 0.0433 e. The second kappa shape index (κ2) is 50.6. The minimum Gasteiger partial charge on any atom is -0.135 e. The van der Waals surface area contributed by atoms with E-state index in [1.54, 1.807) is 0 Å². The molecule has 0 aliphatic rings. The van der Waals surface area contributed by atoms with Gasteiger partial charge in [0.2, 0.25) is 0 Å². The number of aryl methyl sites for hydroxylation is 3. The van der Waals surface area contributed by atoms with E-state index in [0.29, 0.717) is 0 Å². The highest BCUT2D eigenvalue weighted by atomic mass is 32.1. The van der Waals surface area contributed by atoms with Gasteiger partial charge < -0.3 is 0 Å². The summed E-state index contributed by atoms with van der Waals surface area (Å²) in [7, 11) is 0. The summed E-state index contributed by atoms with van der Waals surface area (Å²) in [5, 5.41) is 32.7. The second-order valence-electron chi connectivity index (χ2n) is 30.6. The standard InChI is InChI=1S/6C16H10S.3C7H8.6C2H6/c2*1-2-6-12-10-16-14(9-11(12)5-1)13-7-3-4-8-15(13)17-16;1-2-6-12-11(5-1)9-10-14-13-7-3-4-8-15(13)17-16(12)14;3*1-2-6-12-11(5-1)9-10-15-16(12)13-7-3-4-8-14(13)17-15;3*1-7-5-3-2-4-6-7;6*1-2/h6*1-10H;3*2-6H,1H3;6*1-2H3. The molecule has 0 saturated carbocycles. The molecule has 27 rings (SSSR count). The van der Waals surface area contributed by atoms with Crippen LogP contribution in [0.25, 0.3) is 186 Å². The van der Waals surface area contributed by atoms with Crippen molar-refractivity contribution in [1.29, 1.82) is 0 Å². The van der Waals surface area contributed by atoms with E-state index in [4.69, 9.17) is 0 Å². The Bertz CT molecular complexity index is 7700. The van der Waals surface area contributed by atoms with E-state index in [0.717, 1.165) is 0 Å². The van der Waals surface area contributed by atoms with Gasteiger partial charge in [-0.2, -0.15) is 0 Å². The van der Waals surface area contributed by atoms with Crippen LogP contribution in [0.5, 0.6) is 0 Å². The van der Waals surface area contributed by atoms with Crippen molar-refractivity contribution in [1.82, 2.24) is 0 Å². The third-order valence-corrected chi connectivity index (χ3v) is 29.3.